The fourth-order valence-corrected chi connectivity index (χ4v) is 4.14. The number of nitrogens with two attached hydrogens (primary N) is 1. The molecule has 0 aliphatic rings. The lowest BCUT2D eigenvalue weighted by Gasteiger charge is -2.39. The van der Waals surface area contributed by atoms with Crippen LogP contribution in [-0.2, 0) is 21.6 Å². The molecule has 0 unspecified atom stereocenters. The molecule has 0 amide bonds. The Morgan fingerprint density at radius 2 is 1.29 bits per heavy atom. The number of quaternary nitrogens is 1. The molecule has 1 aromatic rings. The molecule has 1 atom stereocenters. The van der Waals surface area contributed by atoms with E-state index in [-0.39, 0.29) is 12.2 Å². The van der Waals surface area contributed by atoms with Crippen LogP contribution in [0, 0.1) is 0 Å². The summed E-state index contributed by atoms with van der Waals surface area (Å²) in [5, 5.41) is 10.4. The average Bonchev–Trinajstić information content (AvgIpc) is 2.79. The Bertz CT molecular complexity index is 731. The zero-order valence-electron chi connectivity index (χ0n) is 21.5. The van der Waals surface area contributed by atoms with Gasteiger partial charge in [-0.3, -0.25) is 4.55 Å². The van der Waals surface area contributed by atoms with Crippen molar-refractivity contribution >= 4 is 16.4 Å². The number of hydrogen-bond acceptors (Lipinski definition) is 6. The van der Waals surface area contributed by atoms with Gasteiger partial charge >= 0.3 is 10.4 Å². The topological polar surface area (TPSA) is 130 Å². The number of hydrogen-bond donors (Lipinski definition) is 2. The predicted octanol–water partition coefficient (Wildman–Crippen LogP) is 3.49. The zero-order chi connectivity index (χ0) is 26.0. The molecule has 0 aliphatic heterocycles. The van der Waals surface area contributed by atoms with Gasteiger partial charge in [-0.1, -0.05) is 65.5 Å². The van der Waals surface area contributed by atoms with Crippen molar-refractivity contribution in [3.63, 3.8) is 0 Å². The first-order valence-corrected chi connectivity index (χ1v) is 14.0. The zero-order valence-corrected chi connectivity index (χ0v) is 22.3. The van der Waals surface area contributed by atoms with Crippen molar-refractivity contribution in [3.05, 3.63) is 29.8 Å². The monoisotopic (exact) mass is 502 g/mol. The Balaban J connectivity index is 0.000000641. The quantitative estimate of drug-likeness (QED) is 0.246. The summed E-state index contributed by atoms with van der Waals surface area (Å²) in [6, 6.07) is 4.27. The molecule has 3 N–H and O–H groups in total. The van der Waals surface area contributed by atoms with E-state index in [1.807, 2.05) is 0 Å². The van der Waals surface area contributed by atoms with Gasteiger partial charge in [0.25, 0.3) is 0 Å². The maximum absolute atomic E-state index is 10.4. The Morgan fingerprint density at radius 1 is 0.912 bits per heavy atom. The molecule has 0 saturated heterocycles. The van der Waals surface area contributed by atoms with Crippen LogP contribution < -0.4 is 15.0 Å². The van der Waals surface area contributed by atoms with Crippen LogP contribution in [0.25, 0.3) is 0 Å². The molecule has 198 valence electrons. The number of carbonyl (C=O) groups excluding carboxylic acids is 1. The molecule has 0 bridgehead atoms. The van der Waals surface area contributed by atoms with Crippen molar-refractivity contribution < 1.29 is 31.5 Å². The summed E-state index contributed by atoms with van der Waals surface area (Å²) >= 11 is 0. The maximum atomic E-state index is 10.4. The van der Waals surface area contributed by atoms with Crippen molar-refractivity contribution in [3.8, 4) is 5.75 Å². The molecule has 0 aromatic heterocycles. The summed E-state index contributed by atoms with van der Waals surface area (Å²) in [5.41, 5.74) is 5.83. The maximum Gasteiger partial charge on any atom is 0.446 e. The lowest BCUT2D eigenvalue weighted by atomic mass is 10.1. The van der Waals surface area contributed by atoms with Gasteiger partial charge in [-0.15, -0.1) is 0 Å². The molecule has 0 spiro atoms. The summed E-state index contributed by atoms with van der Waals surface area (Å²) < 4.78 is 34.8. The molecule has 9 heteroatoms. The summed E-state index contributed by atoms with van der Waals surface area (Å²) in [5.74, 6) is -1.46. The number of rotatable bonds is 17. The highest BCUT2D eigenvalue weighted by Crippen LogP contribution is 2.17. The highest BCUT2D eigenvalue weighted by molar-refractivity contribution is 7.81. The van der Waals surface area contributed by atoms with Crippen molar-refractivity contribution in [1.82, 2.24) is 0 Å². The minimum absolute atomic E-state index is 0.0501. The third kappa shape index (κ3) is 15.3. The van der Waals surface area contributed by atoms with Gasteiger partial charge in [-0.05, 0) is 49.8 Å². The molecule has 0 heterocycles. The van der Waals surface area contributed by atoms with Gasteiger partial charge in [-0.25, -0.2) is 0 Å². The van der Waals surface area contributed by atoms with E-state index < -0.39 is 22.4 Å². The molecule has 0 aliphatic carbocycles. The fraction of sp³-hybridized carbons (Fsp3) is 0.720. The van der Waals surface area contributed by atoms with E-state index in [4.69, 9.17) is 10.3 Å². The molecular formula is C25H46N2O6S. The van der Waals surface area contributed by atoms with Crippen molar-refractivity contribution in [2.75, 3.05) is 26.2 Å². The number of unbranched alkanes of at least 4 members (excludes halogenated alkanes) is 4. The van der Waals surface area contributed by atoms with Crippen molar-refractivity contribution in [2.24, 2.45) is 5.73 Å². The van der Waals surface area contributed by atoms with Crippen LogP contribution in [0.4, 0.5) is 0 Å². The van der Waals surface area contributed by atoms with Crippen LogP contribution in [0.1, 0.15) is 84.6 Å². The fourth-order valence-electron chi connectivity index (χ4n) is 3.78. The highest BCUT2D eigenvalue weighted by Gasteiger charge is 2.24. The average molecular weight is 503 g/mol. The van der Waals surface area contributed by atoms with E-state index in [0.29, 0.717) is 5.56 Å². The normalized spacial score (nSPS) is 12.5. The van der Waals surface area contributed by atoms with Crippen molar-refractivity contribution in [2.45, 2.75) is 91.5 Å². The van der Waals surface area contributed by atoms with Crippen molar-refractivity contribution in [1.29, 1.82) is 0 Å². The predicted molar refractivity (Wildman–Crippen MR) is 135 cm³/mol. The SMILES string of the molecule is CCCC[N+](CCCC)(CCCC)CCCC.N[C@@H](Cc1ccc(OS(=O)(=O)O)cc1)C(=O)[O-]. The Hall–Kier alpha value is -1.68. The highest BCUT2D eigenvalue weighted by atomic mass is 32.3. The summed E-state index contributed by atoms with van der Waals surface area (Å²) in [6.07, 6.45) is 11.1. The molecule has 1 rings (SSSR count). The number of carboxylic acid groups (broad SMARTS) is 1. The number of aliphatic carboxylic acids is 1. The van der Waals surface area contributed by atoms with Gasteiger partial charge in [0, 0.05) is 6.04 Å². The summed E-state index contributed by atoms with van der Waals surface area (Å²) in [7, 11) is -4.56. The standard InChI is InChI=1S/C16H36N.C9H11NO6S/c1-5-9-13-17(14-10-6-2,15-11-7-3)16-12-8-4;10-8(9(11)12)5-6-1-3-7(4-2-6)16-17(13,14)15/h5-16H2,1-4H3;1-4,8H,5,10H2,(H,11,12)(H,13,14,15)/q+1;/p-1/t;8-/m.0/s1. The smallest absolute Gasteiger partial charge is 0.446 e. The third-order valence-electron chi connectivity index (χ3n) is 5.83. The second-order valence-corrected chi connectivity index (χ2v) is 9.96. The Morgan fingerprint density at radius 3 is 1.59 bits per heavy atom. The minimum Gasteiger partial charge on any atom is -0.548 e. The third-order valence-corrected chi connectivity index (χ3v) is 6.23. The lowest BCUT2D eigenvalue weighted by molar-refractivity contribution is -0.929. The van der Waals surface area contributed by atoms with Crippen LogP contribution in [-0.4, -0.2) is 55.6 Å². The Labute approximate surface area is 207 Å². The van der Waals surface area contributed by atoms with Crippen LogP contribution in [0.5, 0.6) is 5.75 Å². The molecule has 8 nitrogen and oxygen atoms in total. The second kappa shape index (κ2) is 17.7. The molecule has 0 fully saturated rings. The van der Waals surface area contributed by atoms with E-state index in [1.165, 1.54) is 106 Å². The lowest BCUT2D eigenvalue weighted by Crippen LogP contribution is -2.50. The van der Waals surface area contributed by atoms with Gasteiger partial charge in [0.15, 0.2) is 0 Å². The van der Waals surface area contributed by atoms with Gasteiger partial charge in [0.05, 0.1) is 32.1 Å². The van der Waals surface area contributed by atoms with Crippen LogP contribution in [0.15, 0.2) is 24.3 Å². The number of benzene rings is 1. The number of carboxylic acids is 1. The number of carbonyl (C=O) groups is 1. The van der Waals surface area contributed by atoms with Gasteiger partial charge in [0.2, 0.25) is 0 Å². The van der Waals surface area contributed by atoms with Gasteiger partial charge in [-0.2, -0.15) is 8.42 Å². The molecular weight excluding hydrogens is 456 g/mol. The molecule has 0 radical (unpaired) electrons. The van der Waals surface area contributed by atoms with Crippen LogP contribution >= 0.6 is 0 Å². The molecule has 1 aromatic carbocycles. The minimum atomic E-state index is -4.56. The van der Waals surface area contributed by atoms with E-state index in [1.54, 1.807) is 0 Å². The van der Waals surface area contributed by atoms with Crippen LogP contribution in [0.2, 0.25) is 0 Å². The summed E-state index contributed by atoms with van der Waals surface area (Å²) in [4.78, 5) is 10.4. The number of nitrogens with zero attached hydrogens (tertiary/aromatic N) is 1. The van der Waals surface area contributed by atoms with Gasteiger partial charge < -0.3 is 24.3 Å². The Kier molecular flexibility index (Phi) is 16.8. The van der Waals surface area contributed by atoms with E-state index in [9.17, 15) is 18.3 Å². The first-order chi connectivity index (χ1) is 16.0. The van der Waals surface area contributed by atoms with E-state index in [2.05, 4.69) is 31.9 Å². The molecule has 34 heavy (non-hydrogen) atoms. The first kappa shape index (κ1) is 32.3. The largest absolute Gasteiger partial charge is 0.548 e. The van der Waals surface area contributed by atoms with Crippen LogP contribution in [0.3, 0.4) is 0 Å². The first-order valence-electron chi connectivity index (χ1n) is 12.6. The van der Waals surface area contributed by atoms with E-state index in [0.717, 1.165) is 0 Å². The van der Waals surface area contributed by atoms with E-state index >= 15 is 0 Å². The molecule has 0 saturated carbocycles. The van der Waals surface area contributed by atoms with Gasteiger partial charge in [0.1, 0.15) is 5.75 Å². The summed E-state index contributed by atoms with van der Waals surface area (Å²) in [6.45, 7) is 15.0. The second-order valence-electron chi connectivity index (χ2n) is 8.93.